The van der Waals surface area contributed by atoms with Gasteiger partial charge in [0.15, 0.2) is 0 Å². The van der Waals surface area contributed by atoms with Gasteiger partial charge in [0.25, 0.3) is 0 Å². The Bertz CT molecular complexity index is 666. The molecule has 1 aliphatic heterocycles. The van der Waals surface area contributed by atoms with Crippen LogP contribution in [-0.2, 0) is 0 Å². The normalized spacial score (nSPS) is 16.1. The van der Waals surface area contributed by atoms with Crippen LogP contribution >= 0.6 is 0 Å². The molecule has 1 aromatic carbocycles. The first-order valence-corrected chi connectivity index (χ1v) is 6.95. The number of benzene rings is 1. The molecule has 2 aromatic rings. The van der Waals surface area contributed by atoms with E-state index in [0.717, 1.165) is 29.4 Å². The summed E-state index contributed by atoms with van der Waals surface area (Å²) in [5.74, 6) is 0.219. The van der Waals surface area contributed by atoms with Gasteiger partial charge in [-0.1, -0.05) is 0 Å². The van der Waals surface area contributed by atoms with Crippen LogP contribution in [0.5, 0.6) is 5.75 Å². The van der Waals surface area contributed by atoms with Crippen LogP contribution in [0.4, 0.5) is 10.5 Å². The number of fused-ring (bicyclic) bond motifs is 1. The molecule has 0 atom stereocenters. The van der Waals surface area contributed by atoms with Crippen molar-refractivity contribution >= 4 is 22.7 Å². The van der Waals surface area contributed by atoms with Gasteiger partial charge < -0.3 is 20.4 Å². The van der Waals surface area contributed by atoms with E-state index in [9.17, 15) is 9.90 Å². The lowest BCUT2D eigenvalue weighted by Crippen LogP contribution is -2.41. The third-order valence-electron chi connectivity index (χ3n) is 3.80. The van der Waals surface area contributed by atoms with Crippen molar-refractivity contribution in [1.29, 1.82) is 0 Å². The number of aromatic nitrogens is 1. The summed E-state index contributed by atoms with van der Waals surface area (Å²) < 4.78 is 0. The Morgan fingerprint density at radius 2 is 2.05 bits per heavy atom. The first-order valence-electron chi connectivity index (χ1n) is 6.95. The number of phenols is 1. The van der Waals surface area contributed by atoms with E-state index in [1.807, 2.05) is 6.07 Å². The number of aromatic hydroxyl groups is 1. The van der Waals surface area contributed by atoms with E-state index in [2.05, 4.69) is 10.3 Å². The molecule has 1 saturated heterocycles. The number of pyridine rings is 1. The summed E-state index contributed by atoms with van der Waals surface area (Å²) in [6, 6.07) is 7.27. The molecule has 0 aliphatic carbocycles. The summed E-state index contributed by atoms with van der Waals surface area (Å²) in [4.78, 5) is 16.7. The van der Waals surface area contributed by atoms with Crippen LogP contribution < -0.4 is 5.32 Å². The molecule has 110 valence electrons. The Kier molecular flexibility index (Phi) is 3.51. The number of hydrogen-bond donors (Lipinski definition) is 3. The molecular weight excluding hydrogens is 270 g/mol. The van der Waals surface area contributed by atoms with Crippen molar-refractivity contribution in [3.8, 4) is 5.75 Å². The smallest absolute Gasteiger partial charge is 0.407 e. The van der Waals surface area contributed by atoms with Crippen molar-refractivity contribution in [2.75, 3.05) is 18.4 Å². The van der Waals surface area contributed by atoms with E-state index in [1.165, 1.54) is 4.90 Å². The van der Waals surface area contributed by atoms with Crippen LogP contribution in [0.2, 0.25) is 0 Å². The number of likely N-dealkylation sites (tertiary alicyclic amines) is 1. The largest absolute Gasteiger partial charge is 0.508 e. The number of carboxylic acid groups (broad SMARTS) is 1. The van der Waals surface area contributed by atoms with Crippen molar-refractivity contribution in [1.82, 2.24) is 9.88 Å². The molecule has 0 spiro atoms. The van der Waals surface area contributed by atoms with Gasteiger partial charge >= 0.3 is 6.09 Å². The van der Waals surface area contributed by atoms with Gasteiger partial charge in [-0.15, -0.1) is 0 Å². The lowest BCUT2D eigenvalue weighted by molar-refractivity contribution is 0.134. The monoisotopic (exact) mass is 287 g/mol. The van der Waals surface area contributed by atoms with Crippen molar-refractivity contribution in [2.24, 2.45) is 0 Å². The zero-order valence-corrected chi connectivity index (χ0v) is 11.5. The summed E-state index contributed by atoms with van der Waals surface area (Å²) in [6.45, 7) is 1.10. The second-order valence-corrected chi connectivity index (χ2v) is 5.29. The molecule has 3 N–H and O–H groups in total. The average Bonchev–Trinajstić information content (AvgIpc) is 2.47. The number of carbonyl (C=O) groups is 1. The maximum Gasteiger partial charge on any atom is 0.407 e. The Morgan fingerprint density at radius 1 is 1.29 bits per heavy atom. The highest BCUT2D eigenvalue weighted by Gasteiger charge is 2.22. The van der Waals surface area contributed by atoms with E-state index < -0.39 is 6.09 Å². The van der Waals surface area contributed by atoms with Gasteiger partial charge in [0.1, 0.15) is 5.75 Å². The first-order chi connectivity index (χ1) is 10.1. The number of piperidine rings is 1. The highest BCUT2D eigenvalue weighted by molar-refractivity contribution is 5.82. The third-order valence-corrected chi connectivity index (χ3v) is 3.80. The summed E-state index contributed by atoms with van der Waals surface area (Å²) in [7, 11) is 0. The Hall–Kier alpha value is -2.50. The molecule has 1 aliphatic rings. The number of nitrogens with one attached hydrogen (secondary N) is 1. The van der Waals surface area contributed by atoms with Crippen molar-refractivity contribution in [2.45, 2.75) is 18.9 Å². The van der Waals surface area contributed by atoms with Gasteiger partial charge in [-0.05, 0) is 37.1 Å². The molecule has 0 unspecified atom stereocenters. The third kappa shape index (κ3) is 2.99. The average molecular weight is 287 g/mol. The van der Waals surface area contributed by atoms with Gasteiger partial charge in [0, 0.05) is 24.5 Å². The SMILES string of the molecule is O=C(O)N1CCC(Nc2cnc3ccc(O)cc3c2)CC1. The highest BCUT2D eigenvalue weighted by Crippen LogP contribution is 2.23. The molecule has 1 fully saturated rings. The lowest BCUT2D eigenvalue weighted by atomic mass is 10.0. The molecule has 21 heavy (non-hydrogen) atoms. The lowest BCUT2D eigenvalue weighted by Gasteiger charge is -2.31. The molecule has 2 heterocycles. The van der Waals surface area contributed by atoms with Gasteiger partial charge in [-0.3, -0.25) is 4.98 Å². The molecule has 1 amide bonds. The minimum absolute atomic E-state index is 0.219. The maximum atomic E-state index is 10.9. The zero-order valence-electron chi connectivity index (χ0n) is 11.5. The van der Waals surface area contributed by atoms with Crippen LogP contribution in [0.25, 0.3) is 10.9 Å². The minimum atomic E-state index is -0.851. The molecule has 0 radical (unpaired) electrons. The van der Waals surface area contributed by atoms with Crippen LogP contribution in [0.3, 0.4) is 0 Å². The topological polar surface area (TPSA) is 85.7 Å². The molecule has 6 nitrogen and oxygen atoms in total. The quantitative estimate of drug-likeness (QED) is 0.790. The summed E-state index contributed by atoms with van der Waals surface area (Å²) in [5.41, 5.74) is 1.72. The number of anilines is 1. The summed E-state index contributed by atoms with van der Waals surface area (Å²) >= 11 is 0. The van der Waals surface area contributed by atoms with E-state index in [-0.39, 0.29) is 11.8 Å². The standard InChI is InChI=1S/C15H17N3O3/c19-13-1-2-14-10(8-13)7-12(9-16-14)17-11-3-5-18(6-4-11)15(20)21/h1-2,7-9,11,17,19H,3-6H2,(H,20,21). The van der Waals surface area contributed by atoms with Crippen molar-refractivity contribution in [3.05, 3.63) is 30.5 Å². The predicted molar refractivity (Wildman–Crippen MR) is 79.7 cm³/mol. The van der Waals surface area contributed by atoms with E-state index in [4.69, 9.17) is 5.11 Å². The fourth-order valence-corrected chi connectivity index (χ4v) is 2.65. The number of amides is 1. The molecule has 1 aromatic heterocycles. The second-order valence-electron chi connectivity index (χ2n) is 5.29. The fourth-order valence-electron chi connectivity index (χ4n) is 2.65. The molecule has 0 saturated carbocycles. The van der Waals surface area contributed by atoms with Gasteiger partial charge in [-0.25, -0.2) is 4.79 Å². The van der Waals surface area contributed by atoms with Crippen LogP contribution in [0, 0.1) is 0 Å². The number of phenolic OH excluding ortho intramolecular Hbond substituents is 1. The molecular formula is C15H17N3O3. The predicted octanol–water partition coefficient (Wildman–Crippen LogP) is 2.49. The first kappa shape index (κ1) is 13.5. The highest BCUT2D eigenvalue weighted by atomic mass is 16.4. The number of hydrogen-bond acceptors (Lipinski definition) is 4. The van der Waals surface area contributed by atoms with Crippen LogP contribution in [0.1, 0.15) is 12.8 Å². The van der Waals surface area contributed by atoms with Crippen LogP contribution in [-0.4, -0.2) is 45.3 Å². The Balaban J connectivity index is 1.69. The Morgan fingerprint density at radius 3 is 2.76 bits per heavy atom. The molecule has 3 rings (SSSR count). The molecule has 6 heteroatoms. The van der Waals surface area contributed by atoms with E-state index >= 15 is 0 Å². The number of rotatable bonds is 2. The van der Waals surface area contributed by atoms with Crippen molar-refractivity contribution < 1.29 is 15.0 Å². The second kappa shape index (κ2) is 5.47. The summed E-state index contributed by atoms with van der Waals surface area (Å²) in [5, 5.41) is 22.7. The Labute approximate surface area is 122 Å². The fraction of sp³-hybridized carbons (Fsp3) is 0.333. The molecule has 0 bridgehead atoms. The van der Waals surface area contributed by atoms with E-state index in [0.29, 0.717) is 13.1 Å². The number of nitrogens with zero attached hydrogens (tertiary/aromatic N) is 2. The van der Waals surface area contributed by atoms with Crippen LogP contribution in [0.15, 0.2) is 30.5 Å². The van der Waals surface area contributed by atoms with Crippen molar-refractivity contribution in [3.63, 3.8) is 0 Å². The van der Waals surface area contributed by atoms with Gasteiger partial charge in [-0.2, -0.15) is 0 Å². The van der Waals surface area contributed by atoms with E-state index in [1.54, 1.807) is 24.4 Å². The minimum Gasteiger partial charge on any atom is -0.508 e. The maximum absolute atomic E-state index is 10.9. The van der Waals surface area contributed by atoms with Gasteiger partial charge in [0.05, 0.1) is 17.4 Å². The summed E-state index contributed by atoms with van der Waals surface area (Å²) in [6.07, 6.45) is 2.48. The zero-order chi connectivity index (χ0) is 14.8. The van der Waals surface area contributed by atoms with Gasteiger partial charge in [0.2, 0.25) is 0 Å².